The Bertz CT molecular complexity index is 379. The van der Waals surface area contributed by atoms with Gasteiger partial charge >= 0.3 is 6.18 Å². The number of carbonyl (C=O) groups excluding carboxylic acids is 1. The van der Waals surface area contributed by atoms with Crippen LogP contribution in [0.1, 0.15) is 31.4 Å². The maximum Gasteiger partial charge on any atom is 0.416 e. The van der Waals surface area contributed by atoms with Gasteiger partial charge in [-0.1, -0.05) is 26.0 Å². The van der Waals surface area contributed by atoms with Crippen LogP contribution in [0, 0.1) is 5.92 Å². The average molecular weight is 244 g/mol. The van der Waals surface area contributed by atoms with Crippen molar-refractivity contribution in [1.29, 1.82) is 0 Å². The van der Waals surface area contributed by atoms with Gasteiger partial charge in [0.05, 0.1) is 5.56 Å². The summed E-state index contributed by atoms with van der Waals surface area (Å²) < 4.78 is 36.9. The highest BCUT2D eigenvalue weighted by atomic mass is 19.4. The monoisotopic (exact) mass is 244 g/mol. The minimum atomic E-state index is -4.30. The maximum atomic E-state index is 12.3. The van der Waals surface area contributed by atoms with Gasteiger partial charge in [-0.15, -0.1) is 0 Å². The molecule has 1 aromatic rings. The number of alkyl halides is 3. The standard InChI is InChI=1S/C13H15F3O/c1-3-12(17)9(2)8-10-4-6-11(7-5-10)13(14,15)16/h4-7,9H,3,8H2,1-2H3/t9-/m1/s1. The van der Waals surface area contributed by atoms with Crippen molar-refractivity contribution in [1.82, 2.24) is 0 Å². The normalized spacial score (nSPS) is 13.5. The topological polar surface area (TPSA) is 17.1 Å². The molecule has 0 bridgehead atoms. The van der Waals surface area contributed by atoms with E-state index < -0.39 is 11.7 Å². The predicted molar refractivity (Wildman–Crippen MR) is 59.6 cm³/mol. The van der Waals surface area contributed by atoms with Crippen LogP contribution in [-0.4, -0.2) is 5.78 Å². The molecular weight excluding hydrogens is 229 g/mol. The second-order valence-corrected chi connectivity index (χ2v) is 4.12. The van der Waals surface area contributed by atoms with Crippen LogP contribution in [0.25, 0.3) is 0 Å². The van der Waals surface area contributed by atoms with E-state index in [1.54, 1.807) is 13.8 Å². The highest BCUT2D eigenvalue weighted by molar-refractivity contribution is 5.80. The Morgan fingerprint density at radius 3 is 2.18 bits per heavy atom. The Morgan fingerprint density at radius 1 is 1.24 bits per heavy atom. The molecule has 1 nitrogen and oxygen atoms in total. The zero-order chi connectivity index (χ0) is 13.1. The number of ketones is 1. The summed E-state index contributed by atoms with van der Waals surface area (Å²) >= 11 is 0. The van der Waals surface area contributed by atoms with Gasteiger partial charge in [0, 0.05) is 12.3 Å². The van der Waals surface area contributed by atoms with Crippen LogP contribution in [0.5, 0.6) is 0 Å². The Labute approximate surface area is 98.6 Å². The summed E-state index contributed by atoms with van der Waals surface area (Å²) in [6, 6.07) is 4.97. The van der Waals surface area contributed by atoms with Gasteiger partial charge in [0.15, 0.2) is 0 Å². The van der Waals surface area contributed by atoms with Gasteiger partial charge in [-0.2, -0.15) is 13.2 Å². The van der Waals surface area contributed by atoms with Crippen molar-refractivity contribution in [2.24, 2.45) is 5.92 Å². The molecule has 0 aliphatic carbocycles. The summed E-state index contributed by atoms with van der Waals surface area (Å²) in [7, 11) is 0. The van der Waals surface area contributed by atoms with Crippen molar-refractivity contribution in [3.63, 3.8) is 0 Å². The highest BCUT2D eigenvalue weighted by Crippen LogP contribution is 2.29. The van der Waals surface area contributed by atoms with E-state index in [1.165, 1.54) is 12.1 Å². The van der Waals surface area contributed by atoms with E-state index in [-0.39, 0.29) is 11.7 Å². The molecule has 0 saturated carbocycles. The summed E-state index contributed by atoms with van der Waals surface area (Å²) in [5.74, 6) is -0.0124. The molecule has 0 amide bonds. The fraction of sp³-hybridized carbons (Fsp3) is 0.462. The number of carbonyl (C=O) groups is 1. The first-order chi connectivity index (χ1) is 7.84. The quantitative estimate of drug-likeness (QED) is 0.786. The molecule has 0 aliphatic heterocycles. The lowest BCUT2D eigenvalue weighted by Gasteiger charge is -2.10. The van der Waals surface area contributed by atoms with E-state index in [2.05, 4.69) is 0 Å². The third kappa shape index (κ3) is 3.88. The predicted octanol–water partition coefficient (Wildman–Crippen LogP) is 3.86. The van der Waals surface area contributed by atoms with E-state index in [0.717, 1.165) is 17.7 Å². The van der Waals surface area contributed by atoms with Gasteiger partial charge in [0.2, 0.25) is 0 Å². The number of Topliss-reactive ketones (excluding diaryl/α,β-unsaturated/α-hetero) is 1. The van der Waals surface area contributed by atoms with Crippen molar-refractivity contribution < 1.29 is 18.0 Å². The van der Waals surface area contributed by atoms with Crippen LogP contribution in [0.4, 0.5) is 13.2 Å². The van der Waals surface area contributed by atoms with Crippen molar-refractivity contribution in [2.75, 3.05) is 0 Å². The summed E-state index contributed by atoms with van der Waals surface area (Å²) in [5.41, 5.74) is 0.100. The van der Waals surface area contributed by atoms with Gasteiger partial charge in [-0.3, -0.25) is 4.79 Å². The lowest BCUT2D eigenvalue weighted by molar-refractivity contribution is -0.137. The van der Waals surface area contributed by atoms with Crippen LogP contribution in [-0.2, 0) is 17.4 Å². The molecule has 0 N–H and O–H groups in total. The zero-order valence-corrected chi connectivity index (χ0v) is 9.84. The molecule has 0 radical (unpaired) electrons. The lowest BCUT2D eigenvalue weighted by atomic mass is 9.95. The number of hydrogen-bond acceptors (Lipinski definition) is 1. The fourth-order valence-electron chi connectivity index (χ4n) is 1.65. The molecule has 1 rings (SSSR count). The largest absolute Gasteiger partial charge is 0.416 e. The highest BCUT2D eigenvalue weighted by Gasteiger charge is 2.29. The minimum Gasteiger partial charge on any atom is -0.299 e. The van der Waals surface area contributed by atoms with Crippen molar-refractivity contribution >= 4 is 5.78 Å². The SMILES string of the molecule is CCC(=O)[C@H](C)Cc1ccc(C(F)(F)F)cc1. The summed E-state index contributed by atoms with van der Waals surface area (Å²) in [5, 5.41) is 0. The van der Waals surface area contributed by atoms with Gasteiger partial charge in [-0.05, 0) is 24.1 Å². The summed E-state index contributed by atoms with van der Waals surface area (Å²) in [6.45, 7) is 3.58. The molecule has 0 aliphatic rings. The second-order valence-electron chi connectivity index (χ2n) is 4.12. The Morgan fingerprint density at radius 2 is 1.76 bits per heavy atom. The second kappa shape index (κ2) is 5.34. The van der Waals surface area contributed by atoms with Gasteiger partial charge in [-0.25, -0.2) is 0 Å². The third-order valence-corrected chi connectivity index (χ3v) is 2.72. The number of halogens is 3. The molecule has 4 heteroatoms. The summed E-state index contributed by atoms with van der Waals surface area (Å²) in [6.07, 6.45) is -3.35. The Kier molecular flexibility index (Phi) is 4.32. The van der Waals surface area contributed by atoms with E-state index in [9.17, 15) is 18.0 Å². The molecule has 1 aromatic carbocycles. The molecule has 94 valence electrons. The zero-order valence-electron chi connectivity index (χ0n) is 9.84. The first-order valence-corrected chi connectivity index (χ1v) is 5.53. The number of benzene rings is 1. The molecule has 0 spiro atoms. The smallest absolute Gasteiger partial charge is 0.299 e. The fourth-order valence-corrected chi connectivity index (χ4v) is 1.65. The van der Waals surface area contributed by atoms with E-state index in [0.29, 0.717) is 12.8 Å². The van der Waals surface area contributed by atoms with Crippen molar-refractivity contribution in [3.8, 4) is 0 Å². The van der Waals surface area contributed by atoms with Gasteiger partial charge in [0.1, 0.15) is 5.78 Å². The number of rotatable bonds is 4. The maximum absolute atomic E-state index is 12.3. The first kappa shape index (κ1) is 13.7. The van der Waals surface area contributed by atoms with Crippen LogP contribution in [0.3, 0.4) is 0 Å². The number of hydrogen-bond donors (Lipinski definition) is 0. The average Bonchev–Trinajstić information content (AvgIpc) is 2.27. The van der Waals surface area contributed by atoms with E-state index in [1.807, 2.05) is 0 Å². The Hall–Kier alpha value is -1.32. The molecule has 0 aromatic heterocycles. The van der Waals surface area contributed by atoms with E-state index in [4.69, 9.17) is 0 Å². The van der Waals surface area contributed by atoms with E-state index >= 15 is 0 Å². The third-order valence-electron chi connectivity index (χ3n) is 2.72. The van der Waals surface area contributed by atoms with Crippen LogP contribution >= 0.6 is 0 Å². The van der Waals surface area contributed by atoms with Crippen molar-refractivity contribution in [2.45, 2.75) is 32.9 Å². The molecule has 0 heterocycles. The molecule has 17 heavy (non-hydrogen) atoms. The first-order valence-electron chi connectivity index (χ1n) is 5.53. The molecule has 0 fully saturated rings. The summed E-state index contributed by atoms with van der Waals surface area (Å²) in [4.78, 5) is 11.4. The van der Waals surface area contributed by atoms with Crippen LogP contribution in [0.15, 0.2) is 24.3 Å². The molecule has 0 unspecified atom stereocenters. The van der Waals surface area contributed by atoms with Crippen molar-refractivity contribution in [3.05, 3.63) is 35.4 Å². The van der Waals surface area contributed by atoms with Crippen LogP contribution in [0.2, 0.25) is 0 Å². The van der Waals surface area contributed by atoms with Gasteiger partial charge in [0.25, 0.3) is 0 Å². The van der Waals surface area contributed by atoms with Gasteiger partial charge < -0.3 is 0 Å². The Balaban J connectivity index is 2.72. The molecule has 1 atom stereocenters. The molecular formula is C13H15F3O. The minimum absolute atomic E-state index is 0.130. The lowest BCUT2D eigenvalue weighted by Crippen LogP contribution is -2.12. The molecule has 0 saturated heterocycles. The van der Waals surface area contributed by atoms with Crippen LogP contribution < -0.4 is 0 Å².